The average molecular weight is 665 g/mol. The highest BCUT2D eigenvalue weighted by Crippen LogP contribution is 2.56. The molecule has 0 radical (unpaired) electrons. The molecule has 0 aliphatic carbocycles. The topological polar surface area (TPSA) is 80.3 Å². The van der Waals surface area contributed by atoms with Crippen LogP contribution in [0.3, 0.4) is 0 Å². The molecule has 0 fully saturated rings. The number of carbonyl (C=O) groups is 2. The molecule has 6 nitrogen and oxygen atoms in total. The maximum atomic E-state index is 15.1. The van der Waals surface area contributed by atoms with Crippen LogP contribution < -0.4 is 15.4 Å². The van der Waals surface area contributed by atoms with Gasteiger partial charge < -0.3 is 15.4 Å². The summed E-state index contributed by atoms with van der Waals surface area (Å²) in [6.07, 6.45) is -3.80. The fourth-order valence-electron chi connectivity index (χ4n) is 3.25. The van der Waals surface area contributed by atoms with Gasteiger partial charge in [-0.1, -0.05) is 6.07 Å². The van der Waals surface area contributed by atoms with E-state index in [-0.39, 0.29) is 17.7 Å². The molecule has 0 spiro atoms. The van der Waals surface area contributed by atoms with Crippen LogP contribution in [0.1, 0.15) is 26.3 Å². The van der Waals surface area contributed by atoms with Gasteiger partial charge in [0.2, 0.25) is 0 Å². The van der Waals surface area contributed by atoms with Gasteiger partial charge >= 0.3 is 23.8 Å². The number of nitrogens with zero attached hydrogens (tertiary/aromatic N) is 1. The van der Waals surface area contributed by atoms with Crippen LogP contribution in [-0.2, 0) is 5.67 Å². The van der Waals surface area contributed by atoms with Crippen molar-refractivity contribution < 1.29 is 53.8 Å². The van der Waals surface area contributed by atoms with Crippen LogP contribution >= 0.6 is 27.5 Å². The maximum Gasteiger partial charge on any atom is 0.434 e. The highest BCUT2D eigenvalue weighted by molar-refractivity contribution is 9.10. The standard InChI is InChI=1S/C23H12BrClF9N3O3/c24-13-7-11(21(29,22(25,30)31)23(32,33)34)8-15(40-20(27)28)17(13)37-19(39)12-4-1-5-14(16(12)26)36-18(38)10-3-2-6-35-9-10/h1-9,20H,(H,36,38)(H,37,39). The molecule has 214 valence electrons. The molecule has 0 bridgehead atoms. The Labute approximate surface area is 231 Å². The molecule has 2 amide bonds. The number of pyridine rings is 1. The van der Waals surface area contributed by atoms with Gasteiger partial charge in [0.15, 0.2) is 11.6 Å². The van der Waals surface area contributed by atoms with Crippen LogP contribution in [0.25, 0.3) is 0 Å². The molecule has 17 heteroatoms. The Morgan fingerprint density at radius 2 is 1.65 bits per heavy atom. The van der Waals surface area contributed by atoms with Crippen LogP contribution in [0.15, 0.2) is 59.3 Å². The van der Waals surface area contributed by atoms with Gasteiger partial charge in [-0.3, -0.25) is 14.6 Å². The fraction of sp³-hybridized carbons (Fsp3) is 0.174. The third-order valence-corrected chi connectivity index (χ3v) is 5.99. The third kappa shape index (κ3) is 6.27. The minimum absolute atomic E-state index is 0.0277. The van der Waals surface area contributed by atoms with E-state index >= 15 is 4.39 Å². The first-order chi connectivity index (χ1) is 18.5. The van der Waals surface area contributed by atoms with Crippen LogP contribution in [-0.4, -0.2) is 35.0 Å². The highest BCUT2D eigenvalue weighted by atomic mass is 79.9. The van der Waals surface area contributed by atoms with E-state index in [0.29, 0.717) is 0 Å². The van der Waals surface area contributed by atoms with Gasteiger partial charge in [0.25, 0.3) is 11.8 Å². The number of carbonyl (C=O) groups excluding carboxylic acids is 2. The highest BCUT2D eigenvalue weighted by Gasteiger charge is 2.72. The molecule has 1 heterocycles. The summed E-state index contributed by atoms with van der Waals surface area (Å²) in [5.41, 5.74) is -9.71. The summed E-state index contributed by atoms with van der Waals surface area (Å²) < 4.78 is 126. The van der Waals surface area contributed by atoms with Crippen molar-refractivity contribution in [2.24, 2.45) is 0 Å². The number of alkyl halides is 9. The second kappa shape index (κ2) is 11.5. The molecule has 1 atom stereocenters. The smallest absolute Gasteiger partial charge is 0.433 e. The number of hydrogen-bond acceptors (Lipinski definition) is 4. The Hall–Kier alpha value is -3.53. The molecule has 0 saturated carbocycles. The van der Waals surface area contributed by atoms with E-state index < -0.39 is 74.2 Å². The number of ether oxygens (including phenoxy) is 1. The van der Waals surface area contributed by atoms with Crippen molar-refractivity contribution in [2.75, 3.05) is 10.6 Å². The van der Waals surface area contributed by atoms with E-state index in [0.717, 1.165) is 18.2 Å². The van der Waals surface area contributed by atoms with Crippen molar-refractivity contribution in [2.45, 2.75) is 23.8 Å². The molecule has 3 aromatic rings. The van der Waals surface area contributed by atoms with Crippen LogP contribution in [0.5, 0.6) is 5.75 Å². The van der Waals surface area contributed by atoms with Crippen LogP contribution in [0.4, 0.5) is 50.9 Å². The molecule has 0 aliphatic rings. The van der Waals surface area contributed by atoms with E-state index in [2.05, 4.69) is 42.6 Å². The summed E-state index contributed by atoms with van der Waals surface area (Å²) in [5, 5.41) is -1.54. The molecular weight excluding hydrogens is 653 g/mol. The fourth-order valence-corrected chi connectivity index (χ4v) is 4.01. The number of aromatic nitrogens is 1. The number of halogens is 11. The zero-order valence-corrected chi connectivity index (χ0v) is 21.4. The van der Waals surface area contributed by atoms with Crippen molar-refractivity contribution >= 4 is 50.7 Å². The summed E-state index contributed by atoms with van der Waals surface area (Å²) in [5.74, 6) is -4.94. The predicted molar refractivity (Wildman–Crippen MR) is 127 cm³/mol. The lowest BCUT2D eigenvalue weighted by Crippen LogP contribution is -2.49. The molecular formula is C23H12BrClF9N3O3. The Morgan fingerprint density at radius 3 is 2.20 bits per heavy atom. The zero-order chi connectivity index (χ0) is 30.0. The lowest BCUT2D eigenvalue weighted by Gasteiger charge is -2.32. The largest absolute Gasteiger partial charge is 0.434 e. The number of nitrogens with one attached hydrogen (secondary N) is 2. The van der Waals surface area contributed by atoms with Gasteiger partial charge in [-0.25, -0.2) is 8.78 Å². The molecule has 1 unspecified atom stereocenters. The molecule has 2 aromatic carbocycles. The first-order valence-corrected chi connectivity index (χ1v) is 11.6. The first kappa shape index (κ1) is 31.0. The number of hydrogen-bond donors (Lipinski definition) is 2. The van der Waals surface area contributed by atoms with E-state index in [4.69, 9.17) is 0 Å². The van der Waals surface area contributed by atoms with Crippen molar-refractivity contribution in [3.05, 3.63) is 81.8 Å². The van der Waals surface area contributed by atoms with E-state index in [1.165, 1.54) is 24.5 Å². The Balaban J connectivity index is 2.02. The first-order valence-electron chi connectivity index (χ1n) is 10.4. The SMILES string of the molecule is O=C(Nc1cccc(C(=O)Nc2c(Br)cc(C(F)(C(F)(F)F)C(F)(F)Cl)cc2OC(F)F)c1F)c1cccnc1. The molecule has 40 heavy (non-hydrogen) atoms. The van der Waals surface area contributed by atoms with Gasteiger partial charge in [-0.05, 0) is 63.9 Å². The summed E-state index contributed by atoms with van der Waals surface area (Å²) in [4.78, 5) is 28.8. The molecule has 1 aromatic heterocycles. The third-order valence-electron chi connectivity index (χ3n) is 5.10. The van der Waals surface area contributed by atoms with Crippen molar-refractivity contribution in [3.63, 3.8) is 0 Å². The number of rotatable bonds is 8. The van der Waals surface area contributed by atoms with Crippen molar-refractivity contribution in [3.8, 4) is 5.75 Å². The van der Waals surface area contributed by atoms with Crippen molar-refractivity contribution in [1.29, 1.82) is 0 Å². The Morgan fingerprint density at radius 1 is 0.975 bits per heavy atom. The normalized spacial score (nSPS) is 13.5. The van der Waals surface area contributed by atoms with Gasteiger partial charge in [0, 0.05) is 22.4 Å². The van der Waals surface area contributed by atoms with E-state index in [1.807, 2.05) is 5.32 Å². The summed E-state index contributed by atoms with van der Waals surface area (Å²) >= 11 is 6.99. The van der Waals surface area contributed by atoms with Crippen LogP contribution in [0, 0.1) is 5.82 Å². The predicted octanol–water partition coefficient (Wildman–Crippen LogP) is 7.65. The Kier molecular flexibility index (Phi) is 8.93. The minimum atomic E-state index is -6.34. The zero-order valence-electron chi connectivity index (χ0n) is 19.1. The quantitative estimate of drug-likeness (QED) is 0.192. The second-order valence-electron chi connectivity index (χ2n) is 7.68. The van der Waals surface area contributed by atoms with Gasteiger partial charge in [0.05, 0.1) is 22.5 Å². The maximum absolute atomic E-state index is 15.1. The number of benzene rings is 2. The number of amides is 2. The Bertz CT molecular complexity index is 1410. The average Bonchev–Trinajstić information content (AvgIpc) is 2.85. The van der Waals surface area contributed by atoms with E-state index in [9.17, 15) is 44.7 Å². The summed E-state index contributed by atoms with van der Waals surface area (Å²) in [6.45, 7) is -3.79. The second-order valence-corrected chi connectivity index (χ2v) is 9.01. The van der Waals surface area contributed by atoms with Crippen molar-refractivity contribution in [1.82, 2.24) is 4.98 Å². The summed E-state index contributed by atoms with van der Waals surface area (Å²) in [6, 6.07) is 5.79. The monoisotopic (exact) mass is 663 g/mol. The van der Waals surface area contributed by atoms with E-state index in [1.54, 1.807) is 0 Å². The summed E-state index contributed by atoms with van der Waals surface area (Å²) in [7, 11) is 0. The van der Waals surface area contributed by atoms with Crippen LogP contribution in [0.2, 0.25) is 0 Å². The molecule has 3 rings (SSSR count). The number of anilines is 2. The van der Waals surface area contributed by atoms with Gasteiger partial charge in [-0.2, -0.15) is 30.7 Å². The lowest BCUT2D eigenvalue weighted by molar-refractivity contribution is -0.286. The minimum Gasteiger partial charge on any atom is -0.433 e. The molecule has 0 aliphatic heterocycles. The van der Waals surface area contributed by atoms with Gasteiger partial charge in [0.1, 0.15) is 0 Å². The lowest BCUT2D eigenvalue weighted by atomic mass is 9.94. The van der Waals surface area contributed by atoms with Gasteiger partial charge in [-0.15, -0.1) is 0 Å². The molecule has 2 N–H and O–H groups in total. The molecule has 0 saturated heterocycles.